The van der Waals surface area contributed by atoms with Crippen LogP contribution in [-0.2, 0) is 0 Å². The molecule has 1 aliphatic rings. The van der Waals surface area contributed by atoms with Gasteiger partial charge in [0.1, 0.15) is 0 Å². The minimum Gasteiger partial charge on any atom is -0.388 e. The van der Waals surface area contributed by atoms with E-state index in [0.717, 1.165) is 12.1 Å². The van der Waals surface area contributed by atoms with E-state index < -0.39 is 0 Å². The third-order valence-corrected chi connectivity index (χ3v) is 1.71. The minimum absolute atomic E-state index is 0.976. The van der Waals surface area contributed by atoms with Gasteiger partial charge in [0.25, 0.3) is 0 Å². The third-order valence-electron chi connectivity index (χ3n) is 1.71. The van der Waals surface area contributed by atoms with E-state index in [9.17, 15) is 0 Å². The molecule has 0 unspecified atom stereocenters. The monoisotopic (exact) mass is 173 g/mol. The van der Waals surface area contributed by atoms with E-state index in [4.69, 9.17) is 0 Å². The fraction of sp³-hybridized carbons (Fsp3) is 0.167. The summed E-state index contributed by atoms with van der Waals surface area (Å²) in [4.78, 5) is 0. The second-order valence-electron chi connectivity index (χ2n) is 2.71. The summed E-state index contributed by atoms with van der Waals surface area (Å²) in [6, 6.07) is 0. The van der Waals surface area contributed by atoms with Gasteiger partial charge >= 0.3 is 0 Å². The molecule has 0 aromatic rings. The highest BCUT2D eigenvalue weighted by Gasteiger charge is 1.82. The van der Waals surface area contributed by atoms with Crippen LogP contribution < -0.4 is 5.32 Å². The fourth-order valence-corrected chi connectivity index (χ4v) is 1.00. The molecule has 0 radical (unpaired) electrons. The predicted molar refractivity (Wildman–Crippen MR) is 58.3 cm³/mol. The molecule has 0 aliphatic heterocycles. The molecule has 1 heteroatoms. The first-order valence-electron chi connectivity index (χ1n) is 4.48. The van der Waals surface area contributed by atoms with Crippen LogP contribution in [0.5, 0.6) is 0 Å². The van der Waals surface area contributed by atoms with E-state index in [1.807, 2.05) is 37.4 Å². The van der Waals surface area contributed by atoms with Gasteiger partial charge in [-0.15, -0.1) is 0 Å². The maximum absolute atomic E-state index is 3.12. The summed E-state index contributed by atoms with van der Waals surface area (Å²) in [6.45, 7) is 0. The second-order valence-corrected chi connectivity index (χ2v) is 2.71. The van der Waals surface area contributed by atoms with Crippen molar-refractivity contribution < 1.29 is 0 Å². The van der Waals surface area contributed by atoms with Gasteiger partial charge < -0.3 is 5.32 Å². The summed E-state index contributed by atoms with van der Waals surface area (Å²) in [7, 11) is 1.93. The fourth-order valence-electron chi connectivity index (χ4n) is 1.00. The zero-order valence-corrected chi connectivity index (χ0v) is 7.90. The normalized spacial score (nSPS) is 27.9. The summed E-state index contributed by atoms with van der Waals surface area (Å²) in [6.07, 6.45) is 19.5. The van der Waals surface area contributed by atoms with Crippen molar-refractivity contribution in [1.82, 2.24) is 5.32 Å². The third kappa shape index (κ3) is 4.16. The first kappa shape index (κ1) is 9.59. The van der Waals surface area contributed by atoms with Gasteiger partial charge in [0.2, 0.25) is 0 Å². The maximum atomic E-state index is 3.12. The first-order chi connectivity index (χ1) is 6.43. The molecule has 0 saturated heterocycles. The lowest BCUT2D eigenvalue weighted by molar-refractivity contribution is 1.03. The first-order valence-corrected chi connectivity index (χ1v) is 4.48. The van der Waals surface area contributed by atoms with Crippen LogP contribution in [0.1, 0.15) is 6.42 Å². The molecule has 1 N–H and O–H groups in total. The largest absolute Gasteiger partial charge is 0.388 e. The Morgan fingerprint density at radius 3 is 2.62 bits per heavy atom. The van der Waals surface area contributed by atoms with Crippen molar-refractivity contribution in [1.29, 1.82) is 0 Å². The minimum atomic E-state index is 0.976. The number of nitrogens with one attached hydrogen (secondary N) is 1. The summed E-state index contributed by atoms with van der Waals surface area (Å²) >= 11 is 0. The molecule has 0 heterocycles. The van der Waals surface area contributed by atoms with Crippen LogP contribution >= 0.6 is 0 Å². The number of allylic oxidation sites excluding steroid dienone is 9. The van der Waals surface area contributed by atoms with Crippen molar-refractivity contribution in [2.45, 2.75) is 6.42 Å². The van der Waals surface area contributed by atoms with E-state index in [0.29, 0.717) is 0 Å². The van der Waals surface area contributed by atoms with Crippen molar-refractivity contribution in [3.8, 4) is 0 Å². The Morgan fingerprint density at radius 2 is 1.77 bits per heavy atom. The molecule has 0 atom stereocenters. The summed E-state index contributed by atoms with van der Waals surface area (Å²) in [5.41, 5.74) is 1.12. The van der Waals surface area contributed by atoms with E-state index in [1.54, 1.807) is 0 Å². The average Bonchev–Trinajstić information content (AvgIpc) is 2.22. The van der Waals surface area contributed by atoms with Gasteiger partial charge in [0.05, 0.1) is 0 Å². The Morgan fingerprint density at radius 1 is 1.00 bits per heavy atom. The van der Waals surface area contributed by atoms with E-state index in [-0.39, 0.29) is 0 Å². The number of likely N-dealkylation sites (N-methyl/N-ethyl adjacent to an activating group) is 1. The summed E-state index contributed by atoms with van der Waals surface area (Å²) < 4.78 is 0. The van der Waals surface area contributed by atoms with E-state index in [2.05, 4.69) is 29.6 Å². The molecule has 1 aliphatic carbocycles. The zero-order valence-electron chi connectivity index (χ0n) is 7.90. The second kappa shape index (κ2) is 6.06. The smallest absolute Gasteiger partial charge is 0.0334 e. The Bertz CT molecular complexity index is 277. The van der Waals surface area contributed by atoms with Gasteiger partial charge in [-0.1, -0.05) is 42.5 Å². The standard InChI is InChI=1S/C12H15N/c1-13-12-10-8-6-4-2-3-5-7-9-11-12/h2-6,8-11,13H,7H2,1H3/b4-2-,5-3-,8-6-,11-9?,12-10+. The predicted octanol–water partition coefficient (Wildman–Crippen LogP) is 2.72. The highest BCUT2D eigenvalue weighted by Crippen LogP contribution is 1.97. The van der Waals surface area contributed by atoms with Crippen LogP contribution in [0, 0.1) is 0 Å². The average molecular weight is 173 g/mol. The lowest BCUT2D eigenvalue weighted by atomic mass is 10.3. The molecule has 0 aromatic carbocycles. The molecular weight excluding hydrogens is 158 g/mol. The Labute approximate surface area is 79.8 Å². The topological polar surface area (TPSA) is 12.0 Å². The van der Waals surface area contributed by atoms with Crippen molar-refractivity contribution in [3.05, 3.63) is 60.4 Å². The molecule has 0 saturated carbocycles. The van der Waals surface area contributed by atoms with Crippen LogP contribution in [-0.4, -0.2) is 7.05 Å². The van der Waals surface area contributed by atoms with Crippen LogP contribution in [0.3, 0.4) is 0 Å². The number of rotatable bonds is 1. The molecule has 0 aromatic heterocycles. The van der Waals surface area contributed by atoms with E-state index >= 15 is 0 Å². The van der Waals surface area contributed by atoms with Crippen LogP contribution in [0.4, 0.5) is 0 Å². The number of hydrogen-bond donors (Lipinski definition) is 1. The van der Waals surface area contributed by atoms with Crippen molar-refractivity contribution in [2.24, 2.45) is 0 Å². The van der Waals surface area contributed by atoms with E-state index in [1.165, 1.54) is 0 Å². The Kier molecular flexibility index (Phi) is 4.47. The van der Waals surface area contributed by atoms with Crippen LogP contribution in [0.25, 0.3) is 0 Å². The van der Waals surface area contributed by atoms with Gasteiger partial charge in [-0.3, -0.25) is 0 Å². The van der Waals surface area contributed by atoms with Crippen LogP contribution in [0.2, 0.25) is 0 Å². The Balaban J connectivity index is 2.75. The van der Waals surface area contributed by atoms with Gasteiger partial charge in [0.15, 0.2) is 0 Å². The molecule has 0 amide bonds. The van der Waals surface area contributed by atoms with Crippen molar-refractivity contribution in [3.63, 3.8) is 0 Å². The zero-order chi connectivity index (χ0) is 9.36. The summed E-state index contributed by atoms with van der Waals surface area (Å²) in [5.74, 6) is 0. The van der Waals surface area contributed by atoms with Gasteiger partial charge in [-0.2, -0.15) is 0 Å². The van der Waals surface area contributed by atoms with Gasteiger partial charge in [-0.05, 0) is 18.6 Å². The summed E-state index contributed by atoms with van der Waals surface area (Å²) in [5, 5.41) is 3.12. The SMILES string of the molecule is CN/C1=C/C=C\C=C/C=C\CC=C1. The highest BCUT2D eigenvalue weighted by atomic mass is 14.8. The number of hydrogen-bond acceptors (Lipinski definition) is 1. The molecular formula is C12H15N. The Hall–Kier alpha value is -1.50. The molecule has 0 spiro atoms. The van der Waals surface area contributed by atoms with Gasteiger partial charge in [0, 0.05) is 12.7 Å². The molecule has 13 heavy (non-hydrogen) atoms. The maximum Gasteiger partial charge on any atom is 0.0334 e. The quantitative estimate of drug-likeness (QED) is 0.643. The molecule has 1 nitrogen and oxygen atoms in total. The molecule has 1 rings (SSSR count). The van der Waals surface area contributed by atoms with Crippen molar-refractivity contribution >= 4 is 0 Å². The lowest BCUT2D eigenvalue weighted by Crippen LogP contribution is -2.01. The molecule has 68 valence electrons. The van der Waals surface area contributed by atoms with Crippen LogP contribution in [0.15, 0.2) is 60.4 Å². The molecule has 0 bridgehead atoms. The highest BCUT2D eigenvalue weighted by molar-refractivity contribution is 5.25. The lowest BCUT2D eigenvalue weighted by Gasteiger charge is -1.96. The van der Waals surface area contributed by atoms with Crippen molar-refractivity contribution in [2.75, 3.05) is 7.05 Å². The van der Waals surface area contributed by atoms with Gasteiger partial charge in [-0.25, -0.2) is 0 Å². The molecule has 0 fully saturated rings.